The van der Waals surface area contributed by atoms with Crippen molar-refractivity contribution >= 4 is 60.9 Å². The molecule has 3 aromatic heterocycles. The van der Waals surface area contributed by atoms with Crippen LogP contribution in [-0.2, 0) is 0 Å². The lowest BCUT2D eigenvalue weighted by atomic mass is 10.1. The zero-order valence-electron chi connectivity index (χ0n) is 20.9. The van der Waals surface area contributed by atoms with E-state index in [0.29, 0.717) is 5.58 Å². The maximum absolute atomic E-state index is 5.99. The number of nitrogens with zero attached hydrogens (tertiary/aromatic N) is 4. The molecule has 0 aliphatic carbocycles. The zero-order chi connectivity index (χ0) is 25.8. The highest BCUT2D eigenvalue weighted by molar-refractivity contribution is 6.11. The van der Waals surface area contributed by atoms with Crippen molar-refractivity contribution in [2.75, 3.05) is 4.90 Å². The first-order valence-electron chi connectivity index (χ1n) is 12.9. The van der Waals surface area contributed by atoms with Crippen LogP contribution >= 0.6 is 0 Å². The highest BCUT2D eigenvalue weighted by Gasteiger charge is 2.18. The maximum Gasteiger partial charge on any atom is 0.172 e. The number of hydrogen-bond donors (Lipinski definition) is 0. The third kappa shape index (κ3) is 3.41. The molecule has 8 aromatic rings. The molecule has 5 nitrogen and oxygen atoms in total. The molecular weight excluding hydrogens is 480 g/mol. The highest BCUT2D eigenvalue weighted by atomic mass is 16.3. The number of hydrogen-bond acceptors (Lipinski definition) is 4. The molecular formula is C34H22N4O. The SMILES string of the molecule is c1ccc(N(c2ccccc2)c2ccc3c(c2)c2ccccc2n3-c2ccc3oc4cncnc4c3c2)cc1. The normalized spacial score (nSPS) is 11.6. The molecule has 0 atom stereocenters. The van der Waals surface area contributed by atoms with E-state index in [-0.39, 0.29) is 0 Å². The van der Waals surface area contributed by atoms with Gasteiger partial charge in [0, 0.05) is 38.9 Å². The molecule has 0 aliphatic heterocycles. The lowest BCUT2D eigenvalue weighted by Gasteiger charge is -2.25. The van der Waals surface area contributed by atoms with Crippen molar-refractivity contribution in [1.29, 1.82) is 0 Å². The van der Waals surface area contributed by atoms with Crippen LogP contribution in [0.1, 0.15) is 0 Å². The van der Waals surface area contributed by atoms with Crippen LogP contribution < -0.4 is 4.90 Å². The molecule has 0 fully saturated rings. The lowest BCUT2D eigenvalue weighted by Crippen LogP contribution is -2.09. The van der Waals surface area contributed by atoms with Gasteiger partial charge in [-0.25, -0.2) is 9.97 Å². The van der Waals surface area contributed by atoms with Gasteiger partial charge in [0.05, 0.1) is 17.2 Å². The van der Waals surface area contributed by atoms with Crippen LogP contribution in [0.5, 0.6) is 0 Å². The van der Waals surface area contributed by atoms with E-state index >= 15 is 0 Å². The molecule has 5 heteroatoms. The van der Waals surface area contributed by atoms with Crippen LogP contribution in [0.4, 0.5) is 17.1 Å². The number of benzene rings is 5. The fourth-order valence-corrected chi connectivity index (χ4v) is 5.62. The average Bonchev–Trinajstić information content (AvgIpc) is 3.53. The van der Waals surface area contributed by atoms with Gasteiger partial charge in [-0.05, 0) is 66.7 Å². The van der Waals surface area contributed by atoms with Gasteiger partial charge in [0.25, 0.3) is 0 Å². The fourth-order valence-electron chi connectivity index (χ4n) is 5.62. The maximum atomic E-state index is 5.99. The van der Waals surface area contributed by atoms with Gasteiger partial charge >= 0.3 is 0 Å². The van der Waals surface area contributed by atoms with Crippen molar-refractivity contribution in [1.82, 2.24) is 14.5 Å². The van der Waals surface area contributed by atoms with Gasteiger partial charge in [0.2, 0.25) is 0 Å². The highest BCUT2D eigenvalue weighted by Crippen LogP contribution is 2.40. The molecule has 8 rings (SSSR count). The summed E-state index contributed by atoms with van der Waals surface area (Å²) < 4.78 is 8.31. The second kappa shape index (κ2) is 8.57. The molecule has 5 aromatic carbocycles. The summed E-state index contributed by atoms with van der Waals surface area (Å²) in [5.41, 5.74) is 9.02. The van der Waals surface area contributed by atoms with Gasteiger partial charge in [-0.3, -0.25) is 0 Å². The monoisotopic (exact) mass is 502 g/mol. The lowest BCUT2D eigenvalue weighted by molar-refractivity contribution is 0.665. The fraction of sp³-hybridized carbons (Fsp3) is 0. The molecule has 3 heterocycles. The number of aromatic nitrogens is 3. The van der Waals surface area contributed by atoms with E-state index in [4.69, 9.17) is 4.42 Å². The van der Waals surface area contributed by atoms with Crippen molar-refractivity contribution in [3.05, 3.63) is 134 Å². The van der Waals surface area contributed by atoms with Crippen LogP contribution in [0.2, 0.25) is 0 Å². The quantitative estimate of drug-likeness (QED) is 0.241. The predicted molar refractivity (Wildman–Crippen MR) is 158 cm³/mol. The Kier molecular flexibility index (Phi) is 4.76. The van der Waals surface area contributed by atoms with E-state index in [2.05, 4.69) is 135 Å². The first-order valence-corrected chi connectivity index (χ1v) is 12.9. The molecule has 184 valence electrons. The minimum atomic E-state index is 0.693. The summed E-state index contributed by atoms with van der Waals surface area (Å²) in [6, 6.07) is 42.6. The summed E-state index contributed by atoms with van der Waals surface area (Å²) >= 11 is 0. The molecule has 0 saturated carbocycles. The molecule has 0 amide bonds. The van der Waals surface area contributed by atoms with E-state index < -0.39 is 0 Å². The second-order valence-corrected chi connectivity index (χ2v) is 9.58. The van der Waals surface area contributed by atoms with Crippen molar-refractivity contribution in [2.45, 2.75) is 0 Å². The van der Waals surface area contributed by atoms with Crippen molar-refractivity contribution in [2.24, 2.45) is 0 Å². The van der Waals surface area contributed by atoms with E-state index in [1.807, 2.05) is 6.07 Å². The van der Waals surface area contributed by atoms with E-state index in [1.165, 1.54) is 10.8 Å². The topological polar surface area (TPSA) is 47.1 Å². The van der Waals surface area contributed by atoms with Crippen LogP contribution in [-0.4, -0.2) is 14.5 Å². The van der Waals surface area contributed by atoms with Gasteiger partial charge in [0.1, 0.15) is 17.4 Å². The number of anilines is 3. The smallest absolute Gasteiger partial charge is 0.172 e. The molecule has 0 bridgehead atoms. The van der Waals surface area contributed by atoms with Crippen molar-refractivity contribution in [3.63, 3.8) is 0 Å². The third-order valence-electron chi connectivity index (χ3n) is 7.32. The predicted octanol–water partition coefficient (Wildman–Crippen LogP) is 8.94. The summed E-state index contributed by atoms with van der Waals surface area (Å²) in [6.45, 7) is 0. The Morgan fingerprint density at radius 1 is 0.564 bits per heavy atom. The van der Waals surface area contributed by atoms with E-state index in [1.54, 1.807) is 12.5 Å². The molecule has 39 heavy (non-hydrogen) atoms. The molecule has 0 aliphatic rings. The standard InChI is InChI=1S/C34H22N4O/c1-3-9-23(10-4-1)37(24-11-5-2-6-12-24)25-15-17-31-28(19-25)27-13-7-8-14-30(27)38(31)26-16-18-32-29(20-26)34-33(39-32)21-35-22-36-34/h1-22H. The molecule has 0 saturated heterocycles. The van der Waals surface area contributed by atoms with Crippen molar-refractivity contribution in [3.8, 4) is 5.69 Å². The third-order valence-corrected chi connectivity index (χ3v) is 7.32. The molecule has 0 unspecified atom stereocenters. The van der Waals surface area contributed by atoms with Crippen LogP contribution in [0.25, 0.3) is 49.6 Å². The second-order valence-electron chi connectivity index (χ2n) is 9.58. The Bertz CT molecular complexity index is 2090. The van der Waals surface area contributed by atoms with Gasteiger partial charge in [-0.1, -0.05) is 54.6 Å². The Balaban J connectivity index is 1.37. The number of rotatable bonds is 4. The van der Waals surface area contributed by atoms with Crippen LogP contribution in [0.15, 0.2) is 138 Å². The largest absolute Gasteiger partial charge is 0.453 e. The number of fused-ring (bicyclic) bond motifs is 6. The zero-order valence-corrected chi connectivity index (χ0v) is 20.9. The van der Waals surface area contributed by atoms with Gasteiger partial charge in [-0.15, -0.1) is 0 Å². The Morgan fingerprint density at radius 3 is 2.08 bits per heavy atom. The van der Waals surface area contributed by atoms with Crippen LogP contribution in [0, 0.1) is 0 Å². The number of furan rings is 1. The summed E-state index contributed by atoms with van der Waals surface area (Å²) in [4.78, 5) is 10.9. The number of para-hydroxylation sites is 3. The van der Waals surface area contributed by atoms with Crippen molar-refractivity contribution < 1.29 is 4.42 Å². The molecule has 0 radical (unpaired) electrons. The molecule has 0 spiro atoms. The Morgan fingerprint density at radius 2 is 1.28 bits per heavy atom. The van der Waals surface area contributed by atoms with Crippen LogP contribution in [0.3, 0.4) is 0 Å². The Hall–Kier alpha value is -5.42. The first-order chi connectivity index (χ1) is 19.3. The minimum Gasteiger partial charge on any atom is -0.453 e. The van der Waals surface area contributed by atoms with E-state index in [0.717, 1.165) is 50.3 Å². The van der Waals surface area contributed by atoms with E-state index in [9.17, 15) is 0 Å². The summed E-state index contributed by atoms with van der Waals surface area (Å²) in [5.74, 6) is 0. The molecule has 0 N–H and O–H groups in total. The van der Waals surface area contributed by atoms with Gasteiger partial charge in [0.15, 0.2) is 5.58 Å². The van der Waals surface area contributed by atoms with Gasteiger partial charge < -0.3 is 13.9 Å². The summed E-state index contributed by atoms with van der Waals surface area (Å²) in [5, 5.41) is 3.38. The van der Waals surface area contributed by atoms with Gasteiger partial charge in [-0.2, -0.15) is 0 Å². The Labute approximate surface area is 224 Å². The summed E-state index contributed by atoms with van der Waals surface area (Å²) in [7, 11) is 0. The first kappa shape index (κ1) is 21.6. The summed E-state index contributed by atoms with van der Waals surface area (Å²) in [6.07, 6.45) is 3.28. The minimum absolute atomic E-state index is 0.693. The average molecular weight is 503 g/mol.